The van der Waals surface area contributed by atoms with Crippen LogP contribution >= 0.6 is 27.5 Å². The van der Waals surface area contributed by atoms with E-state index in [1.165, 1.54) is 5.56 Å². The Morgan fingerprint density at radius 2 is 1.84 bits per heavy atom. The van der Waals surface area contributed by atoms with Gasteiger partial charge in [-0.1, -0.05) is 45.7 Å². The van der Waals surface area contributed by atoms with Crippen molar-refractivity contribution in [2.75, 3.05) is 24.2 Å². The first kappa shape index (κ1) is 14.2. The number of benzene rings is 2. The molecule has 19 heavy (non-hydrogen) atoms. The third-order valence-electron chi connectivity index (χ3n) is 3.05. The molecular formula is C15H16BrClN2. The molecule has 0 atom stereocenters. The van der Waals surface area contributed by atoms with Crippen LogP contribution in [0.15, 0.2) is 46.9 Å². The van der Waals surface area contributed by atoms with Gasteiger partial charge in [-0.15, -0.1) is 0 Å². The van der Waals surface area contributed by atoms with Gasteiger partial charge in [-0.2, -0.15) is 0 Å². The van der Waals surface area contributed by atoms with E-state index >= 15 is 0 Å². The van der Waals surface area contributed by atoms with Crippen LogP contribution in [0.3, 0.4) is 0 Å². The lowest BCUT2D eigenvalue weighted by molar-refractivity contribution is 0.878. The fraction of sp³-hybridized carbons (Fsp3) is 0.200. The molecule has 4 heteroatoms. The van der Waals surface area contributed by atoms with Crippen LogP contribution in [-0.4, -0.2) is 13.6 Å². The van der Waals surface area contributed by atoms with E-state index in [0.29, 0.717) is 10.7 Å². The number of hydrogen-bond donors (Lipinski definition) is 1. The van der Waals surface area contributed by atoms with Crippen LogP contribution in [0.1, 0.15) is 5.56 Å². The molecule has 0 aliphatic carbocycles. The molecule has 2 N–H and O–H groups in total. The second kappa shape index (κ2) is 6.31. The van der Waals surface area contributed by atoms with Crippen LogP contribution in [-0.2, 0) is 6.42 Å². The Hall–Kier alpha value is -1.19. The van der Waals surface area contributed by atoms with Crippen LogP contribution in [0.4, 0.5) is 11.4 Å². The summed E-state index contributed by atoms with van der Waals surface area (Å²) in [5.74, 6) is 0. The molecule has 0 spiro atoms. The quantitative estimate of drug-likeness (QED) is 0.838. The molecule has 0 heterocycles. The first-order chi connectivity index (χ1) is 9.08. The number of nitrogens with two attached hydrogens (primary N) is 1. The molecule has 0 amide bonds. The average molecular weight is 340 g/mol. The predicted octanol–water partition coefficient (Wildman–Crippen LogP) is 4.36. The normalized spacial score (nSPS) is 10.5. The van der Waals surface area contributed by atoms with Gasteiger partial charge in [-0.3, -0.25) is 0 Å². The summed E-state index contributed by atoms with van der Waals surface area (Å²) in [4.78, 5) is 2.10. The SMILES string of the molecule is CN(CCc1ccc(Br)cc1)c1c(N)cccc1Cl. The zero-order chi connectivity index (χ0) is 13.8. The molecule has 2 aromatic carbocycles. The molecule has 0 aliphatic rings. The third kappa shape index (κ3) is 3.64. The Morgan fingerprint density at radius 1 is 1.16 bits per heavy atom. The number of hydrogen-bond acceptors (Lipinski definition) is 2. The molecule has 0 saturated carbocycles. The highest BCUT2D eigenvalue weighted by Crippen LogP contribution is 2.30. The first-order valence-electron chi connectivity index (χ1n) is 6.07. The zero-order valence-corrected chi connectivity index (χ0v) is 13.1. The second-order valence-corrected chi connectivity index (χ2v) is 5.80. The minimum Gasteiger partial charge on any atom is -0.397 e. The van der Waals surface area contributed by atoms with Crippen molar-refractivity contribution in [2.24, 2.45) is 0 Å². The van der Waals surface area contributed by atoms with Gasteiger partial charge in [0.05, 0.1) is 16.4 Å². The molecule has 0 aromatic heterocycles. The number of nitrogens with zero attached hydrogens (tertiary/aromatic N) is 1. The summed E-state index contributed by atoms with van der Waals surface area (Å²) in [6.07, 6.45) is 0.953. The van der Waals surface area contributed by atoms with E-state index < -0.39 is 0 Å². The van der Waals surface area contributed by atoms with E-state index in [0.717, 1.165) is 23.1 Å². The Balaban J connectivity index is 2.05. The molecule has 0 unspecified atom stereocenters. The van der Waals surface area contributed by atoms with Crippen molar-refractivity contribution in [3.8, 4) is 0 Å². The molecule has 0 aliphatic heterocycles. The minimum atomic E-state index is 0.693. The maximum Gasteiger partial charge on any atom is 0.0786 e. The second-order valence-electron chi connectivity index (χ2n) is 4.48. The van der Waals surface area contributed by atoms with Gasteiger partial charge in [0.1, 0.15) is 0 Å². The van der Waals surface area contributed by atoms with E-state index in [1.54, 1.807) is 0 Å². The van der Waals surface area contributed by atoms with E-state index in [4.69, 9.17) is 17.3 Å². The Kier molecular flexibility index (Phi) is 4.72. The summed E-state index contributed by atoms with van der Waals surface area (Å²) in [7, 11) is 2.01. The lowest BCUT2D eigenvalue weighted by Gasteiger charge is -2.22. The lowest BCUT2D eigenvalue weighted by atomic mass is 10.1. The molecule has 0 radical (unpaired) electrons. The van der Waals surface area contributed by atoms with Gasteiger partial charge in [0.25, 0.3) is 0 Å². The Bertz CT molecular complexity index is 534. The summed E-state index contributed by atoms with van der Waals surface area (Å²) in [6.45, 7) is 0.871. The number of anilines is 2. The number of rotatable bonds is 4. The van der Waals surface area contributed by atoms with Crippen molar-refractivity contribution in [3.05, 3.63) is 57.5 Å². The average Bonchev–Trinajstić information content (AvgIpc) is 2.38. The van der Waals surface area contributed by atoms with Crippen molar-refractivity contribution in [2.45, 2.75) is 6.42 Å². The van der Waals surface area contributed by atoms with Crippen molar-refractivity contribution in [3.63, 3.8) is 0 Å². The summed E-state index contributed by atoms with van der Waals surface area (Å²) in [5, 5.41) is 0.693. The minimum absolute atomic E-state index is 0.693. The van der Waals surface area contributed by atoms with Crippen LogP contribution < -0.4 is 10.6 Å². The van der Waals surface area contributed by atoms with Crippen LogP contribution in [0.5, 0.6) is 0 Å². The largest absolute Gasteiger partial charge is 0.397 e. The Labute approximate surface area is 127 Å². The highest BCUT2D eigenvalue weighted by atomic mass is 79.9. The highest BCUT2D eigenvalue weighted by molar-refractivity contribution is 9.10. The standard InChI is InChI=1S/C15H16BrClN2/c1-19(15-13(17)3-2-4-14(15)18)10-9-11-5-7-12(16)8-6-11/h2-8H,9-10,18H2,1H3. The maximum absolute atomic E-state index is 6.20. The van der Waals surface area contributed by atoms with Crippen molar-refractivity contribution < 1.29 is 0 Å². The topological polar surface area (TPSA) is 29.3 Å². The Morgan fingerprint density at radius 3 is 2.47 bits per heavy atom. The summed E-state index contributed by atoms with van der Waals surface area (Å²) >= 11 is 9.64. The lowest BCUT2D eigenvalue weighted by Crippen LogP contribution is -2.21. The number of halogens is 2. The van der Waals surface area contributed by atoms with Gasteiger partial charge in [0.15, 0.2) is 0 Å². The summed E-state index contributed by atoms with van der Waals surface area (Å²) in [5.41, 5.74) is 8.89. The van der Waals surface area contributed by atoms with Gasteiger partial charge < -0.3 is 10.6 Å². The molecular weight excluding hydrogens is 324 g/mol. The monoisotopic (exact) mass is 338 g/mol. The molecule has 100 valence electrons. The van der Waals surface area contributed by atoms with Gasteiger partial charge in [0.2, 0.25) is 0 Å². The van der Waals surface area contributed by atoms with E-state index in [9.17, 15) is 0 Å². The zero-order valence-electron chi connectivity index (χ0n) is 10.7. The third-order valence-corrected chi connectivity index (χ3v) is 3.88. The van der Waals surface area contributed by atoms with Crippen molar-refractivity contribution in [1.29, 1.82) is 0 Å². The molecule has 2 aromatic rings. The fourth-order valence-electron chi connectivity index (χ4n) is 1.99. The molecule has 2 nitrogen and oxygen atoms in total. The van der Waals surface area contributed by atoms with Crippen LogP contribution in [0.2, 0.25) is 5.02 Å². The van der Waals surface area contributed by atoms with E-state index in [1.807, 2.05) is 25.2 Å². The van der Waals surface area contributed by atoms with Gasteiger partial charge in [-0.05, 0) is 36.2 Å². The molecule has 0 saturated heterocycles. The highest BCUT2D eigenvalue weighted by Gasteiger charge is 2.09. The number of likely N-dealkylation sites (N-methyl/N-ethyl adjacent to an activating group) is 1. The van der Waals surface area contributed by atoms with Gasteiger partial charge >= 0.3 is 0 Å². The van der Waals surface area contributed by atoms with Gasteiger partial charge in [-0.25, -0.2) is 0 Å². The van der Waals surface area contributed by atoms with E-state index in [2.05, 4.69) is 45.1 Å². The first-order valence-corrected chi connectivity index (χ1v) is 7.24. The van der Waals surface area contributed by atoms with Crippen LogP contribution in [0.25, 0.3) is 0 Å². The predicted molar refractivity (Wildman–Crippen MR) is 87.0 cm³/mol. The number of nitrogen functional groups attached to an aromatic ring is 1. The van der Waals surface area contributed by atoms with E-state index in [-0.39, 0.29) is 0 Å². The summed E-state index contributed by atoms with van der Waals surface area (Å²) in [6, 6.07) is 13.9. The fourth-order valence-corrected chi connectivity index (χ4v) is 2.58. The molecule has 2 rings (SSSR count). The van der Waals surface area contributed by atoms with Crippen LogP contribution in [0, 0.1) is 0 Å². The number of para-hydroxylation sites is 1. The molecule has 0 fully saturated rings. The van der Waals surface area contributed by atoms with Crippen molar-refractivity contribution >= 4 is 38.9 Å². The smallest absolute Gasteiger partial charge is 0.0786 e. The van der Waals surface area contributed by atoms with Crippen molar-refractivity contribution in [1.82, 2.24) is 0 Å². The molecule has 0 bridgehead atoms. The summed E-state index contributed by atoms with van der Waals surface area (Å²) < 4.78 is 1.10. The maximum atomic E-state index is 6.20. The van der Waals surface area contributed by atoms with Gasteiger partial charge in [0, 0.05) is 18.1 Å².